The number of anilines is 1. The molecule has 0 saturated heterocycles. The van der Waals surface area contributed by atoms with Crippen molar-refractivity contribution in [2.45, 2.75) is 47.0 Å². The molecule has 5 nitrogen and oxygen atoms in total. The van der Waals surface area contributed by atoms with Gasteiger partial charge in [0.15, 0.2) is 5.11 Å². The normalized spacial score (nSPS) is 16.1. The van der Waals surface area contributed by atoms with Crippen molar-refractivity contribution >= 4 is 45.5 Å². The van der Waals surface area contributed by atoms with Gasteiger partial charge in [-0.3, -0.25) is 14.9 Å². The highest BCUT2D eigenvalue weighted by Gasteiger charge is 2.33. The van der Waals surface area contributed by atoms with E-state index in [1.807, 2.05) is 19.1 Å². The molecule has 0 saturated carbocycles. The van der Waals surface area contributed by atoms with Gasteiger partial charge in [-0.2, -0.15) is 0 Å². The number of thiophene rings is 1. The molecular formula is C22H27N3O2S2. The van der Waals surface area contributed by atoms with Crippen molar-refractivity contribution in [2.24, 2.45) is 17.1 Å². The number of rotatable bonds is 3. The second kappa shape index (κ2) is 8.24. The van der Waals surface area contributed by atoms with E-state index in [0.717, 1.165) is 30.4 Å². The van der Waals surface area contributed by atoms with Crippen LogP contribution in [0.4, 0.5) is 5.00 Å². The fourth-order valence-corrected chi connectivity index (χ4v) is 5.28. The van der Waals surface area contributed by atoms with E-state index >= 15 is 0 Å². The molecule has 1 aliphatic rings. The monoisotopic (exact) mass is 429 g/mol. The SMILES string of the molecule is Cc1ccc(C(=O)NC(=S)Nc2sc3c(c2C(N)=O)CC[C@H](C(C)(C)C)C3)cc1. The zero-order chi connectivity index (χ0) is 21.3. The first-order valence-corrected chi connectivity index (χ1v) is 10.9. The lowest BCUT2D eigenvalue weighted by Gasteiger charge is -2.33. The summed E-state index contributed by atoms with van der Waals surface area (Å²) in [5.74, 6) is -0.209. The standard InChI is InChI=1S/C22H27N3O2S2/c1-12-5-7-13(8-6-12)19(27)24-21(28)25-20-17(18(23)26)15-10-9-14(22(2,3)4)11-16(15)29-20/h5-8,14H,9-11H2,1-4H3,(H2,23,26)(H2,24,25,27,28)/t14-/m0/s1. The van der Waals surface area contributed by atoms with E-state index in [2.05, 4.69) is 31.4 Å². The van der Waals surface area contributed by atoms with Crippen molar-refractivity contribution in [3.63, 3.8) is 0 Å². The van der Waals surface area contributed by atoms with Gasteiger partial charge >= 0.3 is 0 Å². The molecule has 29 heavy (non-hydrogen) atoms. The summed E-state index contributed by atoms with van der Waals surface area (Å²) in [4.78, 5) is 25.7. The Balaban J connectivity index is 1.77. The highest BCUT2D eigenvalue weighted by atomic mass is 32.1. The van der Waals surface area contributed by atoms with E-state index in [1.165, 1.54) is 16.2 Å². The van der Waals surface area contributed by atoms with Crippen LogP contribution in [0.2, 0.25) is 0 Å². The van der Waals surface area contributed by atoms with Crippen molar-refractivity contribution < 1.29 is 9.59 Å². The Morgan fingerprint density at radius 1 is 1.21 bits per heavy atom. The van der Waals surface area contributed by atoms with Crippen molar-refractivity contribution in [1.29, 1.82) is 0 Å². The van der Waals surface area contributed by atoms with Gasteiger partial charge in [-0.05, 0) is 67.4 Å². The molecule has 1 aromatic carbocycles. The lowest BCUT2D eigenvalue weighted by atomic mass is 9.72. The van der Waals surface area contributed by atoms with Crippen LogP contribution < -0.4 is 16.4 Å². The van der Waals surface area contributed by atoms with E-state index in [0.29, 0.717) is 22.0 Å². The van der Waals surface area contributed by atoms with E-state index < -0.39 is 5.91 Å². The molecule has 0 radical (unpaired) electrons. The summed E-state index contributed by atoms with van der Waals surface area (Å²) in [6.45, 7) is 8.71. The molecule has 1 atom stereocenters. The number of hydrogen-bond donors (Lipinski definition) is 3. The molecule has 3 rings (SSSR count). The summed E-state index contributed by atoms with van der Waals surface area (Å²) in [6, 6.07) is 7.24. The fourth-order valence-electron chi connectivity index (χ4n) is 3.69. The number of hydrogen-bond acceptors (Lipinski definition) is 4. The van der Waals surface area contributed by atoms with Gasteiger partial charge in [0.2, 0.25) is 0 Å². The molecule has 0 bridgehead atoms. The van der Waals surface area contributed by atoms with E-state index in [9.17, 15) is 9.59 Å². The number of primary amides is 1. The van der Waals surface area contributed by atoms with Gasteiger partial charge in [0.05, 0.1) is 5.56 Å². The lowest BCUT2D eigenvalue weighted by molar-refractivity contribution is 0.0975. The van der Waals surface area contributed by atoms with Crippen LogP contribution in [-0.4, -0.2) is 16.9 Å². The van der Waals surface area contributed by atoms with Crippen LogP contribution in [0.5, 0.6) is 0 Å². The van der Waals surface area contributed by atoms with Crippen LogP contribution in [0.25, 0.3) is 0 Å². The first-order valence-electron chi connectivity index (χ1n) is 9.69. The number of thiocarbonyl (C=S) groups is 1. The predicted molar refractivity (Wildman–Crippen MR) is 123 cm³/mol. The number of benzene rings is 1. The largest absolute Gasteiger partial charge is 0.365 e. The molecule has 4 N–H and O–H groups in total. The number of carbonyl (C=O) groups is 2. The van der Waals surface area contributed by atoms with Crippen LogP contribution >= 0.6 is 23.6 Å². The molecule has 1 aliphatic carbocycles. The molecule has 0 spiro atoms. The van der Waals surface area contributed by atoms with Gasteiger partial charge in [0, 0.05) is 10.4 Å². The minimum absolute atomic E-state index is 0.157. The number of nitrogens with one attached hydrogen (secondary N) is 2. The molecule has 0 fully saturated rings. The third-order valence-corrected chi connectivity index (χ3v) is 6.88. The molecule has 0 aliphatic heterocycles. The molecule has 0 unspecified atom stereocenters. The van der Waals surface area contributed by atoms with E-state index in [-0.39, 0.29) is 16.4 Å². The average molecular weight is 430 g/mol. The average Bonchev–Trinajstić information content (AvgIpc) is 2.98. The summed E-state index contributed by atoms with van der Waals surface area (Å²) in [6.07, 6.45) is 2.78. The quantitative estimate of drug-likeness (QED) is 0.630. The Bertz CT molecular complexity index is 956. The summed E-state index contributed by atoms with van der Waals surface area (Å²) in [5.41, 5.74) is 9.02. The van der Waals surface area contributed by atoms with Crippen LogP contribution in [0.1, 0.15) is 63.9 Å². The molecule has 154 valence electrons. The Hall–Kier alpha value is -2.25. The van der Waals surface area contributed by atoms with Crippen LogP contribution in [0, 0.1) is 18.3 Å². The maximum Gasteiger partial charge on any atom is 0.257 e. The fraction of sp³-hybridized carbons (Fsp3) is 0.409. The van der Waals surface area contributed by atoms with Crippen molar-refractivity contribution in [1.82, 2.24) is 5.32 Å². The zero-order valence-electron chi connectivity index (χ0n) is 17.2. The summed E-state index contributed by atoms with van der Waals surface area (Å²) >= 11 is 6.83. The molecule has 2 amide bonds. The Labute approximate surface area is 181 Å². The minimum atomic E-state index is -0.466. The summed E-state index contributed by atoms with van der Waals surface area (Å²) in [7, 11) is 0. The second-order valence-electron chi connectivity index (χ2n) is 8.65. The lowest BCUT2D eigenvalue weighted by Crippen LogP contribution is -2.34. The molecular weight excluding hydrogens is 402 g/mol. The number of aryl methyl sites for hydroxylation is 1. The maximum atomic E-state index is 12.4. The number of carbonyl (C=O) groups excluding carboxylic acids is 2. The van der Waals surface area contributed by atoms with Crippen molar-refractivity contribution in [3.05, 3.63) is 51.4 Å². The van der Waals surface area contributed by atoms with Gasteiger partial charge in [-0.25, -0.2) is 0 Å². The van der Waals surface area contributed by atoms with Gasteiger partial charge in [0.25, 0.3) is 11.8 Å². The third kappa shape index (κ3) is 4.85. The van der Waals surface area contributed by atoms with Gasteiger partial charge < -0.3 is 11.1 Å². The minimum Gasteiger partial charge on any atom is -0.365 e. The smallest absolute Gasteiger partial charge is 0.257 e. The van der Waals surface area contributed by atoms with Crippen LogP contribution in [-0.2, 0) is 12.8 Å². The van der Waals surface area contributed by atoms with E-state index in [4.69, 9.17) is 18.0 Å². The molecule has 1 aromatic heterocycles. The van der Waals surface area contributed by atoms with Gasteiger partial charge in [-0.1, -0.05) is 38.5 Å². The number of amides is 2. The predicted octanol–water partition coefficient (Wildman–Crippen LogP) is 4.43. The van der Waals surface area contributed by atoms with Crippen molar-refractivity contribution in [3.8, 4) is 0 Å². The van der Waals surface area contributed by atoms with Gasteiger partial charge in [-0.15, -0.1) is 11.3 Å². The van der Waals surface area contributed by atoms with Crippen molar-refractivity contribution in [2.75, 3.05) is 5.32 Å². The number of nitrogens with two attached hydrogens (primary N) is 1. The maximum absolute atomic E-state index is 12.4. The zero-order valence-corrected chi connectivity index (χ0v) is 18.9. The Kier molecular flexibility index (Phi) is 6.10. The molecule has 7 heteroatoms. The van der Waals surface area contributed by atoms with E-state index in [1.54, 1.807) is 12.1 Å². The summed E-state index contributed by atoms with van der Waals surface area (Å²) < 4.78 is 0. The number of fused-ring (bicyclic) bond motifs is 1. The van der Waals surface area contributed by atoms with Gasteiger partial charge in [0.1, 0.15) is 5.00 Å². The third-order valence-electron chi connectivity index (χ3n) is 5.50. The Morgan fingerprint density at radius 2 is 1.86 bits per heavy atom. The highest BCUT2D eigenvalue weighted by molar-refractivity contribution is 7.80. The molecule has 1 heterocycles. The first-order chi connectivity index (χ1) is 13.6. The summed E-state index contributed by atoms with van der Waals surface area (Å²) in [5, 5.41) is 6.48. The van der Waals surface area contributed by atoms with Crippen LogP contribution in [0.3, 0.4) is 0 Å². The topological polar surface area (TPSA) is 84.2 Å². The first kappa shape index (κ1) is 21.5. The Morgan fingerprint density at radius 3 is 2.45 bits per heavy atom. The second-order valence-corrected chi connectivity index (χ2v) is 10.2. The highest BCUT2D eigenvalue weighted by Crippen LogP contribution is 2.44. The molecule has 2 aromatic rings. The van der Waals surface area contributed by atoms with Crippen LogP contribution in [0.15, 0.2) is 24.3 Å².